The number of amides is 1. The van der Waals surface area contributed by atoms with Gasteiger partial charge in [0.2, 0.25) is 0 Å². The molecule has 0 aliphatic heterocycles. The molecule has 2 aromatic heterocycles. The van der Waals surface area contributed by atoms with Crippen LogP contribution in [0.2, 0.25) is 0 Å². The highest BCUT2D eigenvalue weighted by Gasteiger charge is 2.14. The molecule has 0 aliphatic carbocycles. The summed E-state index contributed by atoms with van der Waals surface area (Å²) in [6, 6.07) is 11.1. The van der Waals surface area contributed by atoms with E-state index >= 15 is 0 Å². The van der Waals surface area contributed by atoms with Crippen LogP contribution in [-0.2, 0) is 13.7 Å². The molecule has 1 aromatic carbocycles. The maximum atomic E-state index is 12.2. The van der Waals surface area contributed by atoms with Crippen molar-refractivity contribution in [1.82, 2.24) is 25.3 Å². The zero-order chi connectivity index (χ0) is 18.5. The van der Waals surface area contributed by atoms with Crippen LogP contribution in [0.3, 0.4) is 0 Å². The van der Waals surface area contributed by atoms with E-state index in [0.717, 1.165) is 17.0 Å². The minimum atomic E-state index is -0.135. The van der Waals surface area contributed by atoms with E-state index in [-0.39, 0.29) is 5.91 Å². The molecule has 3 aromatic rings. The zero-order valence-electron chi connectivity index (χ0n) is 15.1. The number of rotatable bonds is 6. The molecule has 0 fully saturated rings. The Kier molecular flexibility index (Phi) is 5.26. The fraction of sp³-hybridized carbons (Fsp3) is 0.263. The van der Waals surface area contributed by atoms with E-state index in [0.29, 0.717) is 30.2 Å². The van der Waals surface area contributed by atoms with Crippen LogP contribution in [0.15, 0.2) is 42.6 Å². The van der Waals surface area contributed by atoms with Gasteiger partial charge in [-0.25, -0.2) is 0 Å². The lowest BCUT2D eigenvalue weighted by molar-refractivity contribution is 0.0956. The van der Waals surface area contributed by atoms with E-state index in [2.05, 4.69) is 20.6 Å². The third kappa shape index (κ3) is 4.05. The molecule has 0 radical (unpaired) electrons. The van der Waals surface area contributed by atoms with Gasteiger partial charge in [-0.05, 0) is 44.2 Å². The van der Waals surface area contributed by atoms with Crippen LogP contribution < -0.4 is 10.1 Å². The lowest BCUT2D eigenvalue weighted by atomic mass is 10.1. The van der Waals surface area contributed by atoms with Gasteiger partial charge < -0.3 is 10.1 Å². The van der Waals surface area contributed by atoms with Crippen molar-refractivity contribution in [3.63, 3.8) is 0 Å². The molecule has 0 bridgehead atoms. The third-order valence-corrected chi connectivity index (χ3v) is 3.78. The highest BCUT2D eigenvalue weighted by molar-refractivity contribution is 5.95. The van der Waals surface area contributed by atoms with Gasteiger partial charge in [0.1, 0.15) is 18.1 Å². The molecule has 3 rings (SSSR count). The molecule has 0 saturated heterocycles. The first-order valence-electron chi connectivity index (χ1n) is 8.41. The number of carbonyl (C=O) groups is 1. The molecule has 1 amide bonds. The number of nitrogens with one attached hydrogen (secondary N) is 1. The molecular weight excluding hydrogens is 330 g/mol. The maximum Gasteiger partial charge on any atom is 0.251 e. The number of pyridine rings is 1. The highest BCUT2D eigenvalue weighted by Crippen LogP contribution is 2.30. The predicted octanol–water partition coefficient (Wildman–Crippen LogP) is 2.51. The van der Waals surface area contributed by atoms with Crippen LogP contribution in [0.5, 0.6) is 5.75 Å². The summed E-state index contributed by atoms with van der Waals surface area (Å²) < 4.78 is 7.58. The summed E-state index contributed by atoms with van der Waals surface area (Å²) in [5.74, 6) is 0.492. The normalized spacial score (nSPS) is 10.6. The second-order valence-electron chi connectivity index (χ2n) is 5.91. The van der Waals surface area contributed by atoms with Gasteiger partial charge >= 0.3 is 0 Å². The number of ether oxygens (including phenoxy) is 1. The molecule has 1 N–H and O–H groups in total. The van der Waals surface area contributed by atoms with Gasteiger partial charge in [-0.15, -0.1) is 5.10 Å². The number of nitrogens with zero attached hydrogens (tertiary/aromatic N) is 4. The van der Waals surface area contributed by atoms with Gasteiger partial charge in [0.15, 0.2) is 0 Å². The maximum absolute atomic E-state index is 12.2. The van der Waals surface area contributed by atoms with E-state index in [9.17, 15) is 4.79 Å². The third-order valence-electron chi connectivity index (χ3n) is 3.78. The number of carbonyl (C=O) groups excluding carboxylic acids is 1. The number of aryl methyl sites for hydroxylation is 2. The number of aromatic nitrogens is 4. The van der Waals surface area contributed by atoms with E-state index in [4.69, 9.17) is 4.74 Å². The van der Waals surface area contributed by atoms with Gasteiger partial charge in [-0.2, -0.15) is 0 Å². The standard InChI is InChI=1S/C19H21N5O2/c1-4-20-19(25)14-8-9-18(16(10-14)17-11-24(3)23-22-17)26-12-15-7-5-6-13(2)21-15/h5-11H,4,12H2,1-3H3,(H,20,25). The monoisotopic (exact) mass is 351 g/mol. The molecule has 2 heterocycles. The van der Waals surface area contributed by atoms with Crippen LogP contribution >= 0.6 is 0 Å². The zero-order valence-corrected chi connectivity index (χ0v) is 15.1. The Labute approximate surface area is 152 Å². The van der Waals surface area contributed by atoms with E-state index in [1.165, 1.54) is 0 Å². The second kappa shape index (κ2) is 7.77. The Morgan fingerprint density at radius 1 is 1.27 bits per heavy atom. The van der Waals surface area contributed by atoms with Crippen molar-refractivity contribution in [2.24, 2.45) is 7.05 Å². The molecule has 7 heteroatoms. The average molecular weight is 351 g/mol. The van der Waals surface area contributed by atoms with Crippen molar-refractivity contribution < 1.29 is 9.53 Å². The summed E-state index contributed by atoms with van der Waals surface area (Å²) in [5, 5.41) is 10.9. The molecule has 0 atom stereocenters. The first kappa shape index (κ1) is 17.6. The smallest absolute Gasteiger partial charge is 0.251 e. The summed E-state index contributed by atoms with van der Waals surface area (Å²) in [7, 11) is 1.79. The lowest BCUT2D eigenvalue weighted by Gasteiger charge is -2.12. The van der Waals surface area contributed by atoms with Crippen LogP contribution in [0.4, 0.5) is 0 Å². The minimum absolute atomic E-state index is 0.135. The van der Waals surface area contributed by atoms with E-state index in [1.54, 1.807) is 36.1 Å². The van der Waals surface area contributed by atoms with Crippen molar-refractivity contribution in [3.05, 3.63) is 59.5 Å². The summed E-state index contributed by atoms with van der Waals surface area (Å²) in [6.07, 6.45) is 1.79. The molecular formula is C19H21N5O2. The SMILES string of the molecule is CCNC(=O)c1ccc(OCc2cccc(C)n2)c(-c2cn(C)nn2)c1. The Morgan fingerprint density at radius 3 is 2.81 bits per heavy atom. The number of benzene rings is 1. The first-order valence-corrected chi connectivity index (χ1v) is 8.41. The molecule has 0 unspecified atom stereocenters. The van der Waals surface area contributed by atoms with Gasteiger partial charge in [-0.3, -0.25) is 14.5 Å². The Bertz CT molecular complexity index is 920. The van der Waals surface area contributed by atoms with Crippen LogP contribution in [0.25, 0.3) is 11.3 Å². The highest BCUT2D eigenvalue weighted by atomic mass is 16.5. The van der Waals surface area contributed by atoms with Gasteiger partial charge in [-0.1, -0.05) is 11.3 Å². The molecule has 0 aliphatic rings. The molecule has 26 heavy (non-hydrogen) atoms. The van der Waals surface area contributed by atoms with E-state index < -0.39 is 0 Å². The van der Waals surface area contributed by atoms with Gasteiger partial charge in [0.05, 0.1) is 11.9 Å². The van der Waals surface area contributed by atoms with Crippen LogP contribution in [0.1, 0.15) is 28.7 Å². The minimum Gasteiger partial charge on any atom is -0.487 e. The largest absolute Gasteiger partial charge is 0.487 e. The molecule has 0 spiro atoms. The number of hydrogen-bond donors (Lipinski definition) is 1. The van der Waals surface area contributed by atoms with Crippen molar-refractivity contribution in [2.75, 3.05) is 6.54 Å². The van der Waals surface area contributed by atoms with Crippen molar-refractivity contribution in [3.8, 4) is 17.0 Å². The van der Waals surface area contributed by atoms with Crippen molar-refractivity contribution >= 4 is 5.91 Å². The lowest BCUT2D eigenvalue weighted by Crippen LogP contribution is -2.22. The first-order chi connectivity index (χ1) is 12.6. The molecule has 134 valence electrons. The summed E-state index contributed by atoms with van der Waals surface area (Å²) in [5.41, 5.74) is 3.68. The molecule has 7 nitrogen and oxygen atoms in total. The summed E-state index contributed by atoms with van der Waals surface area (Å²) >= 11 is 0. The van der Waals surface area contributed by atoms with Crippen molar-refractivity contribution in [1.29, 1.82) is 0 Å². The van der Waals surface area contributed by atoms with Gasteiger partial charge in [0.25, 0.3) is 5.91 Å². The van der Waals surface area contributed by atoms with E-state index in [1.807, 2.05) is 32.0 Å². The second-order valence-corrected chi connectivity index (χ2v) is 5.91. The van der Waals surface area contributed by atoms with Crippen LogP contribution in [0, 0.1) is 6.92 Å². The number of hydrogen-bond acceptors (Lipinski definition) is 5. The Hall–Kier alpha value is -3.22. The fourth-order valence-electron chi connectivity index (χ4n) is 2.56. The molecule has 0 saturated carbocycles. The predicted molar refractivity (Wildman–Crippen MR) is 97.8 cm³/mol. The van der Waals surface area contributed by atoms with Gasteiger partial charge in [0, 0.05) is 30.4 Å². The van der Waals surface area contributed by atoms with Crippen molar-refractivity contribution in [2.45, 2.75) is 20.5 Å². The van der Waals surface area contributed by atoms with Crippen LogP contribution in [-0.4, -0.2) is 32.4 Å². The average Bonchev–Trinajstić information content (AvgIpc) is 3.06. The summed E-state index contributed by atoms with van der Waals surface area (Å²) in [6.45, 7) is 4.72. The topological polar surface area (TPSA) is 81.9 Å². The Balaban J connectivity index is 1.91. The Morgan fingerprint density at radius 2 is 2.12 bits per heavy atom. The summed E-state index contributed by atoms with van der Waals surface area (Å²) in [4.78, 5) is 16.6. The quantitative estimate of drug-likeness (QED) is 0.738. The fourth-order valence-corrected chi connectivity index (χ4v) is 2.56.